The molecule has 2 fully saturated rings. The number of hydrogen-bond donors (Lipinski definition) is 1. The Kier molecular flexibility index (Phi) is 13.3. The number of methoxy groups -OCH3 is 2. The van der Waals surface area contributed by atoms with Crippen molar-refractivity contribution in [1.82, 2.24) is 19.7 Å². The topological polar surface area (TPSA) is 98.6 Å². The molecule has 3 heterocycles. The minimum absolute atomic E-state index is 0.240. The Morgan fingerprint density at radius 2 is 1.66 bits per heavy atom. The van der Waals surface area contributed by atoms with Gasteiger partial charge in [0.15, 0.2) is 11.4 Å². The van der Waals surface area contributed by atoms with Crippen molar-refractivity contribution in [2.24, 2.45) is 0 Å². The van der Waals surface area contributed by atoms with Crippen LogP contribution in [0.25, 0.3) is 0 Å². The van der Waals surface area contributed by atoms with Crippen LogP contribution in [0, 0.1) is 0 Å². The number of nitrogens with one attached hydrogen (secondary N) is 1. The molecule has 3 atom stereocenters. The van der Waals surface area contributed by atoms with E-state index in [1.165, 1.54) is 12.0 Å². The van der Waals surface area contributed by atoms with Gasteiger partial charge in [0, 0.05) is 74.1 Å². The largest absolute Gasteiger partial charge is 0.491 e. The second kappa shape index (κ2) is 18.1. The smallest absolute Gasteiger partial charge is 0.217 e. The number of nitrogens with zero attached hydrogens (tertiary/aromatic N) is 6. The molecule has 1 N–H and O–H groups in total. The molecular formula is C38H47Cl2N7O5S. The Hall–Kier alpha value is -3.69. The molecule has 284 valence electrons. The van der Waals surface area contributed by atoms with E-state index in [1.807, 2.05) is 18.2 Å². The predicted octanol–water partition coefficient (Wildman–Crippen LogP) is 6.68. The van der Waals surface area contributed by atoms with Gasteiger partial charge in [-0.25, -0.2) is 9.67 Å². The van der Waals surface area contributed by atoms with Crippen molar-refractivity contribution in [3.63, 3.8) is 0 Å². The lowest BCUT2D eigenvalue weighted by molar-refractivity contribution is -0.190. The molecule has 12 nitrogen and oxygen atoms in total. The molecule has 2 aliphatic heterocycles. The third kappa shape index (κ3) is 9.71. The summed E-state index contributed by atoms with van der Waals surface area (Å²) in [5.74, 6) is -0.401. The first-order valence-electron chi connectivity index (χ1n) is 17.8. The lowest BCUT2D eigenvalue weighted by Gasteiger charge is -2.37. The highest BCUT2D eigenvalue weighted by Crippen LogP contribution is 2.40. The van der Waals surface area contributed by atoms with Crippen molar-refractivity contribution in [3.8, 4) is 5.75 Å². The van der Waals surface area contributed by atoms with Gasteiger partial charge in [-0.2, -0.15) is 5.10 Å². The molecule has 3 aromatic carbocycles. The van der Waals surface area contributed by atoms with Crippen molar-refractivity contribution < 1.29 is 23.7 Å². The zero-order valence-corrected chi connectivity index (χ0v) is 32.8. The maximum atomic E-state index is 6.60. The Bertz CT molecular complexity index is 1760. The quantitative estimate of drug-likeness (QED) is 0.103. The van der Waals surface area contributed by atoms with Crippen molar-refractivity contribution in [2.75, 3.05) is 75.3 Å². The number of piperazine rings is 1. The van der Waals surface area contributed by atoms with Crippen molar-refractivity contribution >= 4 is 57.6 Å². The fraction of sp³-hybridized carbons (Fsp3) is 0.447. The summed E-state index contributed by atoms with van der Waals surface area (Å²) < 4.78 is 31.4. The van der Waals surface area contributed by atoms with Gasteiger partial charge in [-0.1, -0.05) is 36.2 Å². The van der Waals surface area contributed by atoms with Crippen LogP contribution in [-0.2, 0) is 31.3 Å². The van der Waals surface area contributed by atoms with E-state index in [0.717, 1.165) is 49.7 Å². The molecule has 0 radical (unpaired) electrons. The second-order valence-corrected chi connectivity index (χ2v) is 14.3. The summed E-state index contributed by atoms with van der Waals surface area (Å²) in [7, 11) is 3.28. The molecule has 0 spiro atoms. The fourth-order valence-corrected chi connectivity index (χ4v) is 7.41. The zero-order valence-electron chi connectivity index (χ0n) is 30.5. The average Bonchev–Trinajstić information content (AvgIpc) is 3.85. The Balaban J connectivity index is 0.985. The Morgan fingerprint density at radius 3 is 2.25 bits per heavy atom. The summed E-state index contributed by atoms with van der Waals surface area (Å²) in [4.78, 5) is 11.0. The number of hydrogen-bond acceptors (Lipinski definition) is 10. The number of anilines is 3. The monoisotopic (exact) mass is 783 g/mol. The predicted molar refractivity (Wildman–Crippen MR) is 212 cm³/mol. The average molecular weight is 785 g/mol. The highest BCUT2D eigenvalue weighted by atomic mass is 35.5. The van der Waals surface area contributed by atoms with Crippen LogP contribution in [0.3, 0.4) is 0 Å². The van der Waals surface area contributed by atoms with Crippen LogP contribution in [0.4, 0.5) is 17.1 Å². The number of thiocarbonyl (C=S) groups is 1. The first kappa shape index (κ1) is 39.0. The van der Waals surface area contributed by atoms with Crippen LogP contribution in [0.2, 0.25) is 10.0 Å². The van der Waals surface area contributed by atoms with Crippen molar-refractivity contribution in [3.05, 3.63) is 95.0 Å². The molecule has 3 unspecified atom stereocenters. The lowest BCUT2D eigenvalue weighted by Crippen LogP contribution is -2.46. The Labute approximate surface area is 326 Å². The summed E-state index contributed by atoms with van der Waals surface area (Å²) >= 11 is 18.6. The van der Waals surface area contributed by atoms with Gasteiger partial charge < -0.3 is 43.7 Å². The molecule has 15 heteroatoms. The van der Waals surface area contributed by atoms with E-state index in [-0.39, 0.29) is 25.0 Å². The van der Waals surface area contributed by atoms with Crippen LogP contribution in [0.15, 0.2) is 79.4 Å². The number of benzene rings is 3. The lowest BCUT2D eigenvalue weighted by atomic mass is 10.1. The molecular weight excluding hydrogens is 737 g/mol. The fourth-order valence-electron chi connectivity index (χ4n) is 6.49. The van der Waals surface area contributed by atoms with Gasteiger partial charge in [0.05, 0.1) is 18.2 Å². The summed E-state index contributed by atoms with van der Waals surface area (Å²) in [6, 6.07) is 22.2. The van der Waals surface area contributed by atoms with Gasteiger partial charge in [0.25, 0.3) is 0 Å². The van der Waals surface area contributed by atoms with E-state index in [1.54, 1.807) is 37.4 Å². The molecule has 0 bridgehead atoms. The standard InChI is InChI=1S/C38H47Cl2N7O5S/c1-5-27(2)47(21-36(48-3)49-4)37(53)43-29-7-9-30(10-8-29)44-16-18-45(19-17-44)31-11-13-32(14-12-31)50-22-33-23-51-38(52-33,24-46-26-41-25-42-46)34-15-6-28(39)20-35(34)40/h6-15,20,25-27,33,36H,5,16-19,21-24H2,1-4H3,(H,43,53). The third-order valence-corrected chi connectivity index (χ3v) is 10.6. The first-order valence-corrected chi connectivity index (χ1v) is 18.9. The summed E-state index contributed by atoms with van der Waals surface area (Å²) in [6.07, 6.45) is 3.35. The molecule has 4 aromatic rings. The van der Waals surface area contributed by atoms with Crippen LogP contribution in [0.1, 0.15) is 25.8 Å². The molecule has 53 heavy (non-hydrogen) atoms. The van der Waals surface area contributed by atoms with Gasteiger partial charge in [-0.05, 0) is 86.2 Å². The number of rotatable bonds is 15. The van der Waals surface area contributed by atoms with E-state index in [2.05, 4.69) is 80.3 Å². The van der Waals surface area contributed by atoms with E-state index in [4.69, 9.17) is 59.1 Å². The van der Waals surface area contributed by atoms with Crippen LogP contribution < -0.4 is 19.9 Å². The minimum atomic E-state index is -1.16. The maximum Gasteiger partial charge on any atom is 0.217 e. The normalized spacial score (nSPS) is 19.4. The van der Waals surface area contributed by atoms with E-state index < -0.39 is 5.79 Å². The van der Waals surface area contributed by atoms with Gasteiger partial charge in [0.2, 0.25) is 5.79 Å². The molecule has 1 aromatic heterocycles. The van der Waals surface area contributed by atoms with E-state index in [9.17, 15) is 0 Å². The summed E-state index contributed by atoms with van der Waals surface area (Å²) in [6.45, 7) is 9.37. The summed E-state index contributed by atoms with van der Waals surface area (Å²) in [5, 5.41) is 9.28. The van der Waals surface area contributed by atoms with Gasteiger partial charge >= 0.3 is 0 Å². The molecule has 0 aliphatic carbocycles. The first-order chi connectivity index (χ1) is 25.7. The van der Waals surface area contributed by atoms with Crippen LogP contribution >= 0.6 is 35.4 Å². The molecule has 0 amide bonds. The van der Waals surface area contributed by atoms with Crippen molar-refractivity contribution in [1.29, 1.82) is 0 Å². The molecule has 6 rings (SSSR count). The van der Waals surface area contributed by atoms with Gasteiger partial charge in [-0.3, -0.25) is 0 Å². The van der Waals surface area contributed by atoms with Gasteiger partial charge in [0.1, 0.15) is 37.7 Å². The molecule has 2 aliphatic rings. The number of halogens is 2. The summed E-state index contributed by atoms with van der Waals surface area (Å²) in [5.41, 5.74) is 3.96. The molecule has 2 saturated heterocycles. The zero-order chi connectivity index (χ0) is 37.4. The van der Waals surface area contributed by atoms with Crippen molar-refractivity contribution in [2.45, 2.75) is 51.0 Å². The third-order valence-electron chi connectivity index (χ3n) is 9.69. The minimum Gasteiger partial charge on any atom is -0.491 e. The van der Waals surface area contributed by atoms with Gasteiger partial charge in [-0.15, -0.1) is 0 Å². The van der Waals surface area contributed by atoms with E-state index >= 15 is 0 Å². The highest BCUT2D eigenvalue weighted by molar-refractivity contribution is 7.80. The number of ether oxygens (including phenoxy) is 5. The SMILES string of the molecule is CCC(C)N(CC(OC)OC)C(=S)Nc1ccc(N2CCN(c3ccc(OCC4COC(Cn5cncn5)(c5ccc(Cl)cc5Cl)O4)cc3)CC2)cc1. The van der Waals surface area contributed by atoms with E-state index in [0.29, 0.717) is 40.5 Å². The number of aromatic nitrogens is 3. The second-order valence-electron chi connectivity index (χ2n) is 13.1. The van der Waals surface area contributed by atoms with Crippen LogP contribution in [0.5, 0.6) is 5.75 Å². The molecule has 0 saturated carbocycles. The van der Waals surface area contributed by atoms with Crippen LogP contribution in [-0.4, -0.2) is 103 Å². The maximum absolute atomic E-state index is 6.60. The Morgan fingerprint density at radius 1 is 1.00 bits per heavy atom. The highest BCUT2D eigenvalue weighted by Gasteiger charge is 2.45.